The zero-order valence-corrected chi connectivity index (χ0v) is 15.1. The fraction of sp³-hybridized carbons (Fsp3) is 0.333. The molecule has 1 aliphatic carbocycles. The third-order valence-electron chi connectivity index (χ3n) is 4.05. The number of halogens is 1. The highest BCUT2D eigenvalue weighted by Crippen LogP contribution is 2.24. The molecule has 2 N–H and O–H groups in total. The molecule has 2 aromatic rings. The van der Waals surface area contributed by atoms with Gasteiger partial charge < -0.3 is 10.1 Å². The minimum atomic E-state index is -0.465. The van der Waals surface area contributed by atoms with Gasteiger partial charge >= 0.3 is 6.09 Å². The van der Waals surface area contributed by atoms with Crippen LogP contribution in [0.1, 0.15) is 35.4 Å². The minimum Gasteiger partial charge on any atom is -0.446 e. The second-order valence-electron chi connectivity index (χ2n) is 5.96. The van der Waals surface area contributed by atoms with Crippen LogP contribution in [0.5, 0.6) is 0 Å². The molecule has 3 rings (SSSR count). The van der Waals surface area contributed by atoms with Crippen LogP contribution in [-0.2, 0) is 4.74 Å². The molecule has 0 radical (unpaired) electrons. The molecule has 1 heterocycles. The number of nitrogens with one attached hydrogen (secondary N) is 2. The fourth-order valence-corrected chi connectivity index (χ4v) is 3.84. The molecule has 0 aliphatic heterocycles. The number of rotatable bonds is 4. The van der Waals surface area contributed by atoms with Gasteiger partial charge in [-0.25, -0.2) is 4.79 Å². The Balaban J connectivity index is 1.49. The molecular weight excluding hydrogens is 360 g/mol. The van der Waals surface area contributed by atoms with E-state index in [1.54, 1.807) is 24.3 Å². The van der Waals surface area contributed by atoms with Crippen molar-refractivity contribution in [3.63, 3.8) is 0 Å². The summed E-state index contributed by atoms with van der Waals surface area (Å²) in [5.74, 6) is -0.128. The van der Waals surface area contributed by atoms with Crippen LogP contribution in [0.25, 0.3) is 0 Å². The molecular formula is C18H19ClN2O3S. The average Bonchev–Trinajstić information content (AvgIpc) is 3.02. The maximum Gasteiger partial charge on any atom is 0.411 e. The molecule has 5 nitrogen and oxygen atoms in total. The number of hydrogen-bond donors (Lipinski definition) is 2. The van der Waals surface area contributed by atoms with Crippen LogP contribution < -0.4 is 10.6 Å². The van der Waals surface area contributed by atoms with Crippen LogP contribution >= 0.6 is 22.9 Å². The van der Waals surface area contributed by atoms with Crippen molar-refractivity contribution in [3.05, 3.63) is 51.7 Å². The van der Waals surface area contributed by atoms with E-state index < -0.39 is 6.09 Å². The molecule has 2 atom stereocenters. The number of carbonyl (C=O) groups is 2. The number of carbonyl (C=O) groups excluding carboxylic acids is 2. The summed E-state index contributed by atoms with van der Waals surface area (Å²) < 4.78 is 6.09. The molecule has 1 aromatic carbocycles. The van der Waals surface area contributed by atoms with E-state index in [0.29, 0.717) is 21.3 Å². The van der Waals surface area contributed by atoms with E-state index in [4.69, 9.17) is 16.3 Å². The van der Waals surface area contributed by atoms with Gasteiger partial charge in [0.2, 0.25) is 0 Å². The lowest BCUT2D eigenvalue weighted by Crippen LogP contribution is -2.41. The minimum absolute atomic E-state index is 0.00310. The van der Waals surface area contributed by atoms with Gasteiger partial charge in [-0.05, 0) is 43.5 Å². The molecule has 1 aromatic heterocycles. The zero-order chi connectivity index (χ0) is 17.6. The Kier molecular flexibility index (Phi) is 5.94. The quantitative estimate of drug-likeness (QED) is 0.810. The Labute approximate surface area is 155 Å². The van der Waals surface area contributed by atoms with Crippen molar-refractivity contribution in [2.24, 2.45) is 0 Å². The van der Waals surface area contributed by atoms with Gasteiger partial charge in [0.25, 0.3) is 5.91 Å². The molecule has 0 bridgehead atoms. The Morgan fingerprint density at radius 3 is 2.64 bits per heavy atom. The summed E-state index contributed by atoms with van der Waals surface area (Å²) in [6.07, 6.45) is 2.54. The molecule has 2 amide bonds. The number of ether oxygens (including phenoxy) is 1. The molecule has 1 fully saturated rings. The number of thiophene rings is 1. The lowest BCUT2D eigenvalue weighted by atomic mass is 9.93. The van der Waals surface area contributed by atoms with Crippen LogP contribution in [-0.4, -0.2) is 24.1 Å². The van der Waals surface area contributed by atoms with Crippen molar-refractivity contribution in [2.45, 2.75) is 37.8 Å². The van der Waals surface area contributed by atoms with Crippen LogP contribution in [0, 0.1) is 0 Å². The SMILES string of the molecule is O=C(Nc1ccccc1)O[C@@H]1CCC[C@H](NC(=O)c2ccc(Cl)s2)C1. The standard InChI is InChI=1S/C18H19ClN2O3S/c19-16-10-9-15(25-16)17(22)20-13-7-4-8-14(11-13)24-18(23)21-12-5-2-1-3-6-12/h1-3,5-6,9-10,13-14H,4,7-8,11H2,(H,20,22)(H,21,23)/t13-,14+/m0/s1. The molecule has 132 valence electrons. The van der Waals surface area contributed by atoms with Gasteiger partial charge in [0.1, 0.15) is 6.10 Å². The summed E-state index contributed by atoms with van der Waals surface area (Å²) in [5, 5.41) is 5.71. The Hall–Kier alpha value is -2.05. The number of hydrogen-bond acceptors (Lipinski definition) is 4. The van der Waals surface area contributed by atoms with Crippen molar-refractivity contribution >= 4 is 40.6 Å². The summed E-state index contributed by atoms with van der Waals surface area (Å²) in [6, 6.07) is 12.6. The normalized spacial score (nSPS) is 19.9. The topological polar surface area (TPSA) is 67.4 Å². The second-order valence-corrected chi connectivity index (χ2v) is 7.67. The van der Waals surface area contributed by atoms with Crippen molar-refractivity contribution in [1.29, 1.82) is 0 Å². The van der Waals surface area contributed by atoms with Gasteiger partial charge in [-0.2, -0.15) is 0 Å². The highest BCUT2D eigenvalue weighted by atomic mass is 35.5. The Morgan fingerprint density at radius 1 is 1.12 bits per heavy atom. The van der Waals surface area contributed by atoms with Crippen molar-refractivity contribution in [3.8, 4) is 0 Å². The van der Waals surface area contributed by atoms with Crippen molar-refractivity contribution in [2.75, 3.05) is 5.32 Å². The molecule has 25 heavy (non-hydrogen) atoms. The van der Waals surface area contributed by atoms with Gasteiger partial charge in [-0.15, -0.1) is 11.3 Å². The third-order valence-corrected chi connectivity index (χ3v) is 5.28. The van der Waals surface area contributed by atoms with E-state index in [9.17, 15) is 9.59 Å². The Bertz CT molecular complexity index is 735. The van der Waals surface area contributed by atoms with Gasteiger partial charge in [-0.1, -0.05) is 29.8 Å². The van der Waals surface area contributed by atoms with Crippen molar-refractivity contribution in [1.82, 2.24) is 5.32 Å². The molecule has 0 spiro atoms. The highest BCUT2D eigenvalue weighted by Gasteiger charge is 2.26. The van der Waals surface area contributed by atoms with Crippen LogP contribution in [0.2, 0.25) is 4.34 Å². The fourth-order valence-electron chi connectivity index (χ4n) is 2.90. The summed E-state index contributed by atoms with van der Waals surface area (Å²) in [6.45, 7) is 0. The molecule has 1 saturated carbocycles. The van der Waals surface area contributed by atoms with Crippen LogP contribution in [0.15, 0.2) is 42.5 Å². The zero-order valence-electron chi connectivity index (χ0n) is 13.5. The number of anilines is 1. The molecule has 0 saturated heterocycles. The van der Waals surface area contributed by atoms with Gasteiger partial charge in [0, 0.05) is 18.2 Å². The highest BCUT2D eigenvalue weighted by molar-refractivity contribution is 7.18. The van der Waals surface area contributed by atoms with Gasteiger partial charge in [0.05, 0.1) is 9.21 Å². The summed E-state index contributed by atoms with van der Waals surface area (Å²) in [5.41, 5.74) is 0.697. The lowest BCUT2D eigenvalue weighted by molar-refractivity contribution is 0.0714. The maximum atomic E-state index is 12.2. The predicted molar refractivity (Wildman–Crippen MR) is 99.4 cm³/mol. The number of amides is 2. The predicted octanol–water partition coefficient (Wildman–Crippen LogP) is 4.69. The van der Waals surface area contributed by atoms with E-state index in [2.05, 4.69) is 10.6 Å². The smallest absolute Gasteiger partial charge is 0.411 e. The van der Waals surface area contributed by atoms with E-state index in [1.807, 2.05) is 18.2 Å². The van der Waals surface area contributed by atoms with Gasteiger partial charge in [0.15, 0.2) is 0 Å². The summed E-state index contributed by atoms with van der Waals surface area (Å²) in [4.78, 5) is 24.8. The van der Waals surface area contributed by atoms with E-state index >= 15 is 0 Å². The first-order valence-electron chi connectivity index (χ1n) is 8.19. The Morgan fingerprint density at radius 2 is 1.92 bits per heavy atom. The molecule has 1 aliphatic rings. The maximum absolute atomic E-state index is 12.2. The van der Waals surface area contributed by atoms with Crippen molar-refractivity contribution < 1.29 is 14.3 Å². The van der Waals surface area contributed by atoms with E-state index in [1.165, 1.54) is 11.3 Å². The first kappa shape index (κ1) is 17.8. The molecule has 7 heteroatoms. The third kappa shape index (κ3) is 5.21. The second kappa shape index (κ2) is 8.36. The van der Waals surface area contributed by atoms with Crippen LogP contribution in [0.3, 0.4) is 0 Å². The largest absolute Gasteiger partial charge is 0.446 e. The first-order valence-corrected chi connectivity index (χ1v) is 9.38. The van der Waals surface area contributed by atoms with E-state index in [-0.39, 0.29) is 18.1 Å². The summed E-state index contributed by atoms with van der Waals surface area (Å²) >= 11 is 7.12. The van der Waals surface area contributed by atoms with Gasteiger partial charge in [-0.3, -0.25) is 10.1 Å². The number of para-hydroxylation sites is 1. The monoisotopic (exact) mass is 378 g/mol. The number of benzene rings is 1. The van der Waals surface area contributed by atoms with E-state index in [0.717, 1.165) is 19.3 Å². The van der Waals surface area contributed by atoms with Crippen LogP contribution in [0.4, 0.5) is 10.5 Å². The first-order chi connectivity index (χ1) is 12.1. The summed E-state index contributed by atoms with van der Waals surface area (Å²) in [7, 11) is 0. The molecule has 0 unspecified atom stereocenters. The average molecular weight is 379 g/mol. The lowest BCUT2D eigenvalue weighted by Gasteiger charge is -2.29.